The summed E-state index contributed by atoms with van der Waals surface area (Å²) in [5.41, 5.74) is 8.23. The molecule has 0 unspecified atom stereocenters. The van der Waals surface area contributed by atoms with E-state index in [4.69, 9.17) is 5.73 Å². The molecule has 0 aliphatic carbocycles. The van der Waals surface area contributed by atoms with E-state index in [2.05, 4.69) is 28.3 Å². The van der Waals surface area contributed by atoms with Crippen molar-refractivity contribution in [2.24, 2.45) is 5.73 Å². The van der Waals surface area contributed by atoms with Crippen LogP contribution in [0.15, 0.2) is 41.6 Å². The molecule has 0 radical (unpaired) electrons. The van der Waals surface area contributed by atoms with E-state index in [1.54, 1.807) is 11.3 Å². The Labute approximate surface area is 130 Å². The number of aryl methyl sites for hydroxylation is 1. The molecule has 1 aromatic rings. The lowest BCUT2D eigenvalue weighted by Crippen LogP contribution is -2.27. The standard InChI is InChI=1S/C17H21N3S/c1-14(20-10-4-3-5-11-20)6-7-16(12-18)8-9-17-13-21-15(2)19-17/h6-7,12-13H,1,3-5,10-11,18H2,2H3/b7-6-,16-12+. The number of allylic oxidation sites excluding steroid dienone is 3. The number of aromatic nitrogens is 1. The van der Waals surface area contributed by atoms with E-state index in [1.165, 1.54) is 25.5 Å². The number of hydrogen-bond acceptors (Lipinski definition) is 4. The summed E-state index contributed by atoms with van der Waals surface area (Å²) in [6.07, 6.45) is 9.24. The van der Waals surface area contributed by atoms with Crippen molar-refractivity contribution in [1.82, 2.24) is 9.88 Å². The van der Waals surface area contributed by atoms with Crippen molar-refractivity contribution in [1.29, 1.82) is 0 Å². The minimum Gasteiger partial charge on any atom is -0.404 e. The number of likely N-dealkylation sites (tertiary alicyclic amines) is 1. The maximum Gasteiger partial charge on any atom is 0.124 e. The van der Waals surface area contributed by atoms with Crippen LogP contribution in [0.5, 0.6) is 0 Å². The molecular formula is C17H21N3S. The molecule has 0 atom stereocenters. The molecule has 1 aliphatic heterocycles. The van der Waals surface area contributed by atoms with Gasteiger partial charge in [0.1, 0.15) is 5.69 Å². The van der Waals surface area contributed by atoms with E-state index in [0.29, 0.717) is 0 Å². The molecule has 1 aromatic heterocycles. The van der Waals surface area contributed by atoms with Gasteiger partial charge in [0.2, 0.25) is 0 Å². The fourth-order valence-electron chi connectivity index (χ4n) is 2.17. The van der Waals surface area contributed by atoms with Crippen molar-refractivity contribution in [3.8, 4) is 11.8 Å². The summed E-state index contributed by atoms with van der Waals surface area (Å²) in [6.45, 7) is 8.27. The van der Waals surface area contributed by atoms with E-state index in [-0.39, 0.29) is 0 Å². The molecule has 0 saturated carbocycles. The molecule has 4 heteroatoms. The number of rotatable bonds is 3. The van der Waals surface area contributed by atoms with Gasteiger partial charge >= 0.3 is 0 Å². The first-order chi connectivity index (χ1) is 10.2. The lowest BCUT2D eigenvalue weighted by atomic mass is 10.1. The maximum atomic E-state index is 5.63. The quantitative estimate of drug-likeness (QED) is 0.688. The van der Waals surface area contributed by atoms with Crippen LogP contribution < -0.4 is 5.73 Å². The molecule has 0 spiro atoms. The van der Waals surface area contributed by atoms with Crippen LogP contribution in [0, 0.1) is 18.8 Å². The van der Waals surface area contributed by atoms with E-state index in [1.807, 2.05) is 24.5 Å². The van der Waals surface area contributed by atoms with Crippen LogP contribution in [-0.4, -0.2) is 23.0 Å². The molecule has 0 aromatic carbocycles. The number of thiazole rings is 1. The van der Waals surface area contributed by atoms with Gasteiger partial charge in [-0.15, -0.1) is 11.3 Å². The van der Waals surface area contributed by atoms with Crippen LogP contribution in [-0.2, 0) is 0 Å². The summed E-state index contributed by atoms with van der Waals surface area (Å²) in [5, 5.41) is 2.97. The molecule has 0 bridgehead atoms. The Hall–Kier alpha value is -1.99. The Morgan fingerprint density at radius 3 is 2.76 bits per heavy atom. The summed E-state index contributed by atoms with van der Waals surface area (Å²) in [4.78, 5) is 6.62. The predicted molar refractivity (Wildman–Crippen MR) is 89.7 cm³/mol. The van der Waals surface area contributed by atoms with Crippen molar-refractivity contribution >= 4 is 11.3 Å². The summed E-state index contributed by atoms with van der Waals surface area (Å²) >= 11 is 1.60. The number of nitrogens with two attached hydrogens (primary N) is 1. The van der Waals surface area contributed by atoms with Crippen molar-refractivity contribution in [2.45, 2.75) is 26.2 Å². The lowest BCUT2D eigenvalue weighted by molar-refractivity contribution is 0.294. The van der Waals surface area contributed by atoms with Crippen LogP contribution >= 0.6 is 11.3 Å². The SMILES string of the molecule is C=C(/C=C\C(C#Cc1csc(C)n1)=C/N)N1CCCCC1. The fourth-order valence-corrected chi connectivity index (χ4v) is 2.71. The zero-order valence-corrected chi connectivity index (χ0v) is 13.2. The molecular weight excluding hydrogens is 278 g/mol. The third-order valence-corrected chi connectivity index (χ3v) is 4.12. The average Bonchev–Trinajstić information content (AvgIpc) is 2.93. The lowest BCUT2D eigenvalue weighted by Gasteiger charge is -2.28. The second-order valence-electron chi connectivity index (χ2n) is 5.00. The van der Waals surface area contributed by atoms with E-state index >= 15 is 0 Å². The highest BCUT2D eigenvalue weighted by Gasteiger charge is 2.09. The highest BCUT2D eigenvalue weighted by molar-refractivity contribution is 7.09. The van der Waals surface area contributed by atoms with Gasteiger partial charge in [0, 0.05) is 35.9 Å². The van der Waals surface area contributed by atoms with E-state index in [9.17, 15) is 0 Å². The Kier molecular flexibility index (Phi) is 5.65. The second-order valence-corrected chi connectivity index (χ2v) is 6.06. The van der Waals surface area contributed by atoms with E-state index < -0.39 is 0 Å². The smallest absolute Gasteiger partial charge is 0.124 e. The first-order valence-corrected chi connectivity index (χ1v) is 8.05. The Morgan fingerprint density at radius 2 is 2.14 bits per heavy atom. The molecule has 1 aliphatic rings. The third kappa shape index (κ3) is 4.80. The minimum absolute atomic E-state index is 0.777. The third-order valence-electron chi connectivity index (χ3n) is 3.35. The number of nitrogens with zero attached hydrogens (tertiary/aromatic N) is 2. The van der Waals surface area contributed by atoms with Gasteiger partial charge in [-0.2, -0.15) is 0 Å². The van der Waals surface area contributed by atoms with Crippen LogP contribution in [0.2, 0.25) is 0 Å². The molecule has 110 valence electrons. The number of piperidine rings is 1. The van der Waals surface area contributed by atoms with Gasteiger partial charge in [-0.3, -0.25) is 0 Å². The molecule has 2 heterocycles. The van der Waals surface area contributed by atoms with Gasteiger partial charge in [-0.05, 0) is 44.3 Å². The molecule has 2 N–H and O–H groups in total. The summed E-state index contributed by atoms with van der Waals surface area (Å²) in [6, 6.07) is 0. The zero-order valence-electron chi connectivity index (χ0n) is 12.4. The average molecular weight is 299 g/mol. The first-order valence-electron chi connectivity index (χ1n) is 7.17. The summed E-state index contributed by atoms with van der Waals surface area (Å²) < 4.78 is 0. The maximum absolute atomic E-state index is 5.63. The summed E-state index contributed by atoms with van der Waals surface area (Å²) in [7, 11) is 0. The van der Waals surface area contributed by atoms with Crippen molar-refractivity contribution < 1.29 is 0 Å². The molecule has 3 nitrogen and oxygen atoms in total. The first kappa shape index (κ1) is 15.4. The second kappa shape index (κ2) is 7.70. The zero-order chi connectivity index (χ0) is 15.1. The fraction of sp³-hybridized carbons (Fsp3) is 0.353. The molecule has 1 saturated heterocycles. The Morgan fingerprint density at radius 1 is 1.38 bits per heavy atom. The van der Waals surface area contributed by atoms with Gasteiger partial charge < -0.3 is 10.6 Å². The van der Waals surface area contributed by atoms with E-state index in [0.717, 1.165) is 35.1 Å². The predicted octanol–water partition coefficient (Wildman–Crippen LogP) is 3.20. The van der Waals surface area contributed by atoms with Gasteiger partial charge in [0.15, 0.2) is 0 Å². The van der Waals surface area contributed by atoms with Crippen LogP contribution in [0.4, 0.5) is 0 Å². The van der Waals surface area contributed by atoms with Crippen molar-refractivity contribution in [3.05, 3.63) is 52.3 Å². The van der Waals surface area contributed by atoms with Crippen LogP contribution in [0.3, 0.4) is 0 Å². The minimum atomic E-state index is 0.777. The highest BCUT2D eigenvalue weighted by Crippen LogP contribution is 2.14. The van der Waals surface area contributed by atoms with Gasteiger partial charge in [0.25, 0.3) is 0 Å². The summed E-state index contributed by atoms with van der Waals surface area (Å²) in [5.74, 6) is 6.07. The van der Waals surface area contributed by atoms with Gasteiger partial charge in [-0.1, -0.05) is 12.5 Å². The normalized spacial score (nSPS) is 15.9. The van der Waals surface area contributed by atoms with Crippen LogP contribution in [0.1, 0.15) is 30.0 Å². The number of hydrogen-bond donors (Lipinski definition) is 1. The monoisotopic (exact) mass is 299 g/mol. The highest BCUT2D eigenvalue weighted by atomic mass is 32.1. The topological polar surface area (TPSA) is 42.1 Å². The van der Waals surface area contributed by atoms with Crippen molar-refractivity contribution in [3.63, 3.8) is 0 Å². The Bertz CT molecular complexity index is 607. The van der Waals surface area contributed by atoms with Gasteiger partial charge in [0.05, 0.1) is 5.01 Å². The molecule has 21 heavy (non-hydrogen) atoms. The molecule has 0 amide bonds. The largest absolute Gasteiger partial charge is 0.404 e. The molecule has 2 rings (SSSR count). The Balaban J connectivity index is 1.97. The van der Waals surface area contributed by atoms with Crippen LogP contribution in [0.25, 0.3) is 0 Å². The van der Waals surface area contributed by atoms with Crippen molar-refractivity contribution in [2.75, 3.05) is 13.1 Å². The van der Waals surface area contributed by atoms with Gasteiger partial charge in [-0.25, -0.2) is 4.98 Å². The molecule has 1 fully saturated rings.